The van der Waals surface area contributed by atoms with Crippen molar-refractivity contribution in [2.45, 2.75) is 65.0 Å². The summed E-state index contributed by atoms with van der Waals surface area (Å²) >= 11 is 1.78. The van der Waals surface area contributed by atoms with Gasteiger partial charge in [-0.1, -0.05) is 19.8 Å². The van der Waals surface area contributed by atoms with Gasteiger partial charge in [0.1, 0.15) is 0 Å². The van der Waals surface area contributed by atoms with Crippen molar-refractivity contribution in [2.75, 3.05) is 0 Å². The Morgan fingerprint density at radius 1 is 1.55 bits per heavy atom. The summed E-state index contributed by atoms with van der Waals surface area (Å²) in [6, 6.07) is 2.20. The van der Waals surface area contributed by atoms with Gasteiger partial charge in [-0.3, -0.25) is 4.79 Å². The summed E-state index contributed by atoms with van der Waals surface area (Å²) in [6.45, 7) is 8.44. The molecular weight excluding hydrogens is 268 g/mol. The average Bonchev–Trinajstić information content (AvgIpc) is 2.68. The van der Waals surface area contributed by atoms with E-state index in [0.717, 1.165) is 19.3 Å². The van der Waals surface area contributed by atoms with Crippen LogP contribution in [0.25, 0.3) is 0 Å². The molecule has 0 aliphatic heterocycles. The molecule has 112 valence electrons. The first kappa shape index (κ1) is 15.5. The first-order valence-corrected chi connectivity index (χ1v) is 8.30. The van der Waals surface area contributed by atoms with E-state index < -0.39 is 5.54 Å². The Hall–Kier alpha value is -0.870. The molecule has 0 saturated heterocycles. The maximum absolute atomic E-state index is 12.5. The highest BCUT2D eigenvalue weighted by Gasteiger charge is 2.38. The molecule has 1 aliphatic carbocycles. The topological polar surface area (TPSA) is 55.1 Å². The van der Waals surface area contributed by atoms with Gasteiger partial charge in [-0.15, -0.1) is 11.3 Å². The van der Waals surface area contributed by atoms with Crippen LogP contribution in [0.5, 0.6) is 0 Å². The Bertz CT molecular complexity index is 497. The van der Waals surface area contributed by atoms with Gasteiger partial charge < -0.3 is 11.1 Å². The first-order chi connectivity index (χ1) is 9.32. The maximum atomic E-state index is 12.5. The summed E-state index contributed by atoms with van der Waals surface area (Å²) in [6.07, 6.45) is 3.84. The maximum Gasteiger partial charge on any atom is 0.240 e. The van der Waals surface area contributed by atoms with Crippen LogP contribution in [-0.4, -0.2) is 11.4 Å². The van der Waals surface area contributed by atoms with Crippen LogP contribution in [0, 0.1) is 19.8 Å². The quantitative estimate of drug-likeness (QED) is 0.897. The predicted molar refractivity (Wildman–Crippen MR) is 84.9 cm³/mol. The molecule has 3 N–H and O–H groups in total. The summed E-state index contributed by atoms with van der Waals surface area (Å²) < 4.78 is 0. The standard InChI is InChI=1S/C16H26N2OS/c1-10-6-5-7-16(17,9-10)15(19)18-12(3)14-8-11(2)20-13(14)4/h8,10,12H,5-7,9,17H2,1-4H3,(H,18,19). The number of aryl methyl sites for hydroxylation is 2. The molecule has 1 aromatic rings. The van der Waals surface area contributed by atoms with E-state index in [-0.39, 0.29) is 11.9 Å². The van der Waals surface area contributed by atoms with Crippen molar-refractivity contribution in [3.05, 3.63) is 21.4 Å². The van der Waals surface area contributed by atoms with Crippen molar-refractivity contribution in [3.63, 3.8) is 0 Å². The number of hydrogen-bond donors (Lipinski definition) is 2. The van der Waals surface area contributed by atoms with Crippen LogP contribution in [0.1, 0.15) is 60.9 Å². The molecule has 1 amide bonds. The van der Waals surface area contributed by atoms with Gasteiger partial charge in [0.2, 0.25) is 5.91 Å². The zero-order valence-electron chi connectivity index (χ0n) is 13.0. The lowest BCUT2D eigenvalue weighted by atomic mass is 9.76. The first-order valence-electron chi connectivity index (χ1n) is 7.48. The Kier molecular flexibility index (Phi) is 4.55. The second-order valence-electron chi connectivity index (χ2n) is 6.42. The van der Waals surface area contributed by atoms with Crippen LogP contribution in [0.2, 0.25) is 0 Å². The number of nitrogens with one attached hydrogen (secondary N) is 1. The van der Waals surface area contributed by atoms with Crippen LogP contribution in [0.3, 0.4) is 0 Å². The molecule has 0 spiro atoms. The minimum atomic E-state index is -0.676. The zero-order valence-corrected chi connectivity index (χ0v) is 13.8. The molecular formula is C16H26N2OS. The summed E-state index contributed by atoms with van der Waals surface area (Å²) in [5, 5.41) is 3.12. The van der Waals surface area contributed by atoms with Crippen LogP contribution < -0.4 is 11.1 Å². The van der Waals surface area contributed by atoms with Gasteiger partial charge in [-0.25, -0.2) is 0 Å². The van der Waals surface area contributed by atoms with Crippen molar-refractivity contribution in [3.8, 4) is 0 Å². The number of thiophene rings is 1. The fourth-order valence-electron chi connectivity index (χ4n) is 3.30. The van der Waals surface area contributed by atoms with E-state index in [9.17, 15) is 4.79 Å². The van der Waals surface area contributed by atoms with Gasteiger partial charge in [0.15, 0.2) is 0 Å². The molecule has 3 unspecified atom stereocenters. The summed E-state index contributed by atoms with van der Waals surface area (Å²) in [5.74, 6) is 0.555. The van der Waals surface area contributed by atoms with E-state index in [2.05, 4.69) is 32.2 Å². The van der Waals surface area contributed by atoms with Crippen LogP contribution >= 0.6 is 11.3 Å². The smallest absolute Gasteiger partial charge is 0.240 e. The van der Waals surface area contributed by atoms with Gasteiger partial charge in [-0.2, -0.15) is 0 Å². The van der Waals surface area contributed by atoms with Crippen LogP contribution in [0.4, 0.5) is 0 Å². The van der Waals surface area contributed by atoms with E-state index >= 15 is 0 Å². The Morgan fingerprint density at radius 3 is 2.80 bits per heavy atom. The second-order valence-corrected chi connectivity index (χ2v) is 7.88. The predicted octanol–water partition coefficient (Wildman–Crippen LogP) is 3.45. The van der Waals surface area contributed by atoms with Crippen molar-refractivity contribution in [1.29, 1.82) is 0 Å². The van der Waals surface area contributed by atoms with Crippen molar-refractivity contribution >= 4 is 17.2 Å². The van der Waals surface area contributed by atoms with Gasteiger partial charge >= 0.3 is 0 Å². The summed E-state index contributed by atoms with van der Waals surface area (Å²) in [7, 11) is 0. The Balaban J connectivity index is 2.05. The number of carbonyl (C=O) groups excluding carboxylic acids is 1. The highest BCUT2D eigenvalue weighted by atomic mass is 32.1. The number of nitrogens with two attached hydrogens (primary N) is 1. The number of hydrogen-bond acceptors (Lipinski definition) is 3. The molecule has 0 bridgehead atoms. The minimum Gasteiger partial charge on any atom is -0.348 e. The third-order valence-electron chi connectivity index (χ3n) is 4.38. The van der Waals surface area contributed by atoms with E-state index in [0.29, 0.717) is 5.92 Å². The third kappa shape index (κ3) is 3.23. The van der Waals surface area contributed by atoms with Crippen molar-refractivity contribution in [1.82, 2.24) is 5.32 Å². The summed E-state index contributed by atoms with van der Waals surface area (Å²) in [4.78, 5) is 15.1. The Morgan fingerprint density at radius 2 is 2.25 bits per heavy atom. The summed E-state index contributed by atoms with van der Waals surface area (Å²) in [5.41, 5.74) is 6.89. The lowest BCUT2D eigenvalue weighted by molar-refractivity contribution is -0.128. The molecule has 2 rings (SSSR count). The van der Waals surface area contributed by atoms with E-state index in [1.807, 2.05) is 6.92 Å². The van der Waals surface area contributed by atoms with Gasteiger partial charge in [0, 0.05) is 9.75 Å². The molecule has 4 heteroatoms. The highest BCUT2D eigenvalue weighted by Crippen LogP contribution is 2.32. The number of carbonyl (C=O) groups is 1. The zero-order chi connectivity index (χ0) is 14.9. The average molecular weight is 294 g/mol. The lowest BCUT2D eigenvalue weighted by Gasteiger charge is -2.36. The molecule has 3 atom stereocenters. The molecule has 0 radical (unpaired) electrons. The van der Waals surface area contributed by atoms with Gasteiger partial charge in [-0.05, 0) is 51.2 Å². The molecule has 1 aromatic heterocycles. The largest absolute Gasteiger partial charge is 0.348 e. The van der Waals surface area contributed by atoms with Crippen LogP contribution in [0.15, 0.2) is 6.07 Å². The lowest BCUT2D eigenvalue weighted by Crippen LogP contribution is -2.56. The highest BCUT2D eigenvalue weighted by molar-refractivity contribution is 7.12. The second kappa shape index (κ2) is 5.86. The van der Waals surface area contributed by atoms with E-state index in [1.165, 1.54) is 21.7 Å². The monoisotopic (exact) mass is 294 g/mol. The molecule has 1 heterocycles. The fourth-order valence-corrected chi connectivity index (χ4v) is 4.32. The van der Waals surface area contributed by atoms with Crippen molar-refractivity contribution < 1.29 is 4.79 Å². The normalized spacial score (nSPS) is 28.1. The molecule has 0 aromatic carbocycles. The van der Waals surface area contributed by atoms with Crippen LogP contribution in [-0.2, 0) is 4.79 Å². The molecule has 3 nitrogen and oxygen atoms in total. The number of amides is 1. The van der Waals surface area contributed by atoms with E-state index in [4.69, 9.17) is 5.73 Å². The Labute approximate surface area is 125 Å². The fraction of sp³-hybridized carbons (Fsp3) is 0.688. The van der Waals surface area contributed by atoms with Crippen molar-refractivity contribution in [2.24, 2.45) is 11.7 Å². The van der Waals surface area contributed by atoms with Gasteiger partial charge in [0.25, 0.3) is 0 Å². The molecule has 1 aliphatic rings. The third-order valence-corrected chi connectivity index (χ3v) is 5.36. The minimum absolute atomic E-state index is 0.0137. The molecule has 1 saturated carbocycles. The van der Waals surface area contributed by atoms with Gasteiger partial charge in [0.05, 0.1) is 11.6 Å². The molecule has 1 fully saturated rings. The van der Waals surface area contributed by atoms with E-state index in [1.54, 1.807) is 11.3 Å². The number of rotatable bonds is 3. The SMILES string of the molecule is Cc1cc(C(C)NC(=O)C2(N)CCCC(C)C2)c(C)s1. The molecule has 20 heavy (non-hydrogen) atoms.